The number of carbonyl (C=O) groups is 2. The van der Waals surface area contributed by atoms with Crippen LogP contribution in [0.2, 0.25) is 0 Å². The van der Waals surface area contributed by atoms with Crippen LogP contribution in [0.3, 0.4) is 0 Å². The van der Waals surface area contributed by atoms with E-state index in [1.807, 2.05) is 49.4 Å². The second kappa shape index (κ2) is 10.1. The summed E-state index contributed by atoms with van der Waals surface area (Å²) in [6, 6.07) is 18.3. The summed E-state index contributed by atoms with van der Waals surface area (Å²) in [5.41, 5.74) is 5.24. The molecule has 1 N–H and O–H groups in total. The van der Waals surface area contributed by atoms with Crippen LogP contribution >= 0.6 is 22.6 Å². The molecule has 0 spiro atoms. The summed E-state index contributed by atoms with van der Waals surface area (Å²) in [6.07, 6.45) is 6.43. The van der Waals surface area contributed by atoms with Crippen molar-refractivity contribution in [3.05, 3.63) is 91.8 Å². The minimum atomic E-state index is -0.398. The van der Waals surface area contributed by atoms with Crippen molar-refractivity contribution in [1.82, 2.24) is 5.32 Å². The lowest BCUT2D eigenvalue weighted by atomic mass is 9.71. The van der Waals surface area contributed by atoms with Crippen molar-refractivity contribution in [3.63, 3.8) is 0 Å². The number of esters is 1. The van der Waals surface area contributed by atoms with Gasteiger partial charge in [0.05, 0.1) is 5.57 Å². The smallest absolute Gasteiger partial charge is 0.337 e. The summed E-state index contributed by atoms with van der Waals surface area (Å²) in [4.78, 5) is 27.3. The molecule has 1 aliphatic heterocycles. The van der Waals surface area contributed by atoms with Crippen LogP contribution in [-0.2, 0) is 14.3 Å². The summed E-state index contributed by atoms with van der Waals surface area (Å²) in [5, 5.41) is 3.47. The van der Waals surface area contributed by atoms with Gasteiger partial charge in [0.2, 0.25) is 0 Å². The molecule has 5 rings (SSSR count). The molecular weight excluding hydrogens is 537 g/mol. The predicted octanol–water partition coefficient (Wildman–Crippen LogP) is 6.53. The molecule has 2 aromatic rings. The van der Waals surface area contributed by atoms with E-state index in [1.54, 1.807) is 0 Å². The number of rotatable bonds is 4. The van der Waals surface area contributed by atoms with Crippen molar-refractivity contribution in [2.75, 3.05) is 0 Å². The fourth-order valence-corrected chi connectivity index (χ4v) is 6.39. The normalized spacial score (nSPS) is 23.4. The van der Waals surface area contributed by atoms with Gasteiger partial charge in [-0.1, -0.05) is 55.0 Å². The zero-order valence-corrected chi connectivity index (χ0v) is 21.6. The lowest BCUT2D eigenvalue weighted by Crippen LogP contribution is -2.37. The maximum atomic E-state index is 13.7. The van der Waals surface area contributed by atoms with E-state index in [1.165, 1.54) is 12.0 Å². The van der Waals surface area contributed by atoms with Gasteiger partial charge in [-0.2, -0.15) is 0 Å². The minimum Gasteiger partial charge on any atom is -0.459 e. The number of ketones is 1. The SMILES string of the molecule is CC1=C(C(=O)OC2CCCCC2)[C@@H](c2ccccc2I)C2=C(C[C@@H](c3ccccc3)CC2=O)N1. The first-order valence-electron chi connectivity index (χ1n) is 12.3. The average Bonchev–Trinajstić information content (AvgIpc) is 2.84. The van der Waals surface area contributed by atoms with E-state index in [0.29, 0.717) is 12.0 Å². The van der Waals surface area contributed by atoms with E-state index >= 15 is 0 Å². The number of nitrogens with one attached hydrogen (secondary N) is 1. The van der Waals surface area contributed by atoms with Crippen LogP contribution in [-0.4, -0.2) is 17.9 Å². The second-order valence-electron chi connectivity index (χ2n) is 9.61. The summed E-state index contributed by atoms with van der Waals surface area (Å²) in [5.74, 6) is -0.433. The Morgan fingerprint density at radius 2 is 1.68 bits per heavy atom. The molecule has 2 atom stereocenters. The Morgan fingerprint density at radius 3 is 2.41 bits per heavy atom. The van der Waals surface area contributed by atoms with Crippen LogP contribution in [0.1, 0.15) is 74.8 Å². The lowest BCUT2D eigenvalue weighted by molar-refractivity contribution is -0.146. The molecule has 1 fully saturated rings. The van der Waals surface area contributed by atoms with E-state index in [9.17, 15) is 9.59 Å². The quantitative estimate of drug-likeness (QED) is 0.337. The number of hydrogen-bond donors (Lipinski definition) is 1. The maximum absolute atomic E-state index is 13.7. The fraction of sp³-hybridized carbons (Fsp3) is 0.379. The zero-order valence-electron chi connectivity index (χ0n) is 19.5. The van der Waals surface area contributed by atoms with Gasteiger partial charge in [-0.25, -0.2) is 4.79 Å². The van der Waals surface area contributed by atoms with Gasteiger partial charge < -0.3 is 10.1 Å². The summed E-state index contributed by atoms with van der Waals surface area (Å²) < 4.78 is 7.07. The Balaban J connectivity index is 1.54. The molecule has 2 aromatic carbocycles. The fourth-order valence-electron chi connectivity index (χ4n) is 5.69. The summed E-state index contributed by atoms with van der Waals surface area (Å²) >= 11 is 2.31. The van der Waals surface area contributed by atoms with E-state index in [-0.39, 0.29) is 23.8 Å². The molecule has 1 saturated carbocycles. The number of allylic oxidation sites excluding steroid dienone is 3. The van der Waals surface area contributed by atoms with Crippen LogP contribution < -0.4 is 5.32 Å². The maximum Gasteiger partial charge on any atom is 0.337 e. The number of hydrogen-bond acceptors (Lipinski definition) is 4. The Kier molecular flexibility index (Phi) is 6.91. The third-order valence-electron chi connectivity index (χ3n) is 7.36. The van der Waals surface area contributed by atoms with Gasteiger partial charge in [0.25, 0.3) is 0 Å². The number of halogens is 1. The molecule has 0 aromatic heterocycles. The second-order valence-corrected chi connectivity index (χ2v) is 10.8. The molecule has 0 saturated heterocycles. The summed E-state index contributed by atoms with van der Waals surface area (Å²) in [6.45, 7) is 1.95. The van der Waals surface area contributed by atoms with Gasteiger partial charge in [-0.3, -0.25) is 4.79 Å². The lowest BCUT2D eigenvalue weighted by Gasteiger charge is -2.37. The van der Waals surface area contributed by atoms with Crippen molar-refractivity contribution in [2.24, 2.45) is 0 Å². The highest BCUT2D eigenvalue weighted by molar-refractivity contribution is 14.1. The van der Waals surface area contributed by atoms with E-state index in [2.05, 4.69) is 40.0 Å². The zero-order chi connectivity index (χ0) is 23.7. The molecule has 0 bridgehead atoms. The van der Waals surface area contributed by atoms with Gasteiger partial charge in [0.1, 0.15) is 6.10 Å². The number of dihydropyridines is 1. The predicted molar refractivity (Wildman–Crippen MR) is 141 cm³/mol. The highest BCUT2D eigenvalue weighted by atomic mass is 127. The van der Waals surface area contributed by atoms with E-state index < -0.39 is 5.92 Å². The molecule has 34 heavy (non-hydrogen) atoms. The Bertz CT molecular complexity index is 1160. The molecule has 1 heterocycles. The standard InChI is InChI=1S/C29H30INO3/c1-18-26(29(33)34-21-12-6-3-7-13-21)27(22-14-8-9-15-23(22)30)28-24(31-18)16-20(17-25(28)32)19-10-4-2-5-11-19/h2,4-5,8-11,14-15,20-21,27,31H,3,6-7,12-13,16-17H2,1H3/t20-,27-/m1/s1. The van der Waals surface area contributed by atoms with Crippen molar-refractivity contribution >= 4 is 34.3 Å². The third kappa shape index (κ3) is 4.59. The van der Waals surface area contributed by atoms with Gasteiger partial charge in [0.15, 0.2) is 5.78 Å². The molecule has 0 amide bonds. The van der Waals surface area contributed by atoms with Crippen molar-refractivity contribution in [3.8, 4) is 0 Å². The van der Waals surface area contributed by atoms with E-state index in [0.717, 1.165) is 58.2 Å². The summed E-state index contributed by atoms with van der Waals surface area (Å²) in [7, 11) is 0. The molecule has 0 unspecified atom stereocenters. The van der Waals surface area contributed by atoms with Crippen LogP contribution in [0.25, 0.3) is 0 Å². The largest absolute Gasteiger partial charge is 0.459 e. The van der Waals surface area contributed by atoms with Gasteiger partial charge in [-0.05, 0) is 84.7 Å². The monoisotopic (exact) mass is 567 g/mol. The van der Waals surface area contributed by atoms with Gasteiger partial charge in [0, 0.05) is 32.9 Å². The molecule has 176 valence electrons. The number of Topliss-reactive ketones (excluding diaryl/α,β-unsaturated/α-hetero) is 1. The van der Waals surface area contributed by atoms with Crippen LogP contribution in [0.4, 0.5) is 0 Å². The molecule has 4 nitrogen and oxygen atoms in total. The highest BCUT2D eigenvalue weighted by Crippen LogP contribution is 2.46. The highest BCUT2D eigenvalue weighted by Gasteiger charge is 2.42. The number of carbonyl (C=O) groups excluding carboxylic acids is 2. The average molecular weight is 567 g/mol. The first-order chi connectivity index (χ1) is 16.5. The molecule has 3 aliphatic rings. The number of ether oxygens (including phenoxy) is 1. The van der Waals surface area contributed by atoms with Crippen molar-refractivity contribution < 1.29 is 14.3 Å². The van der Waals surface area contributed by atoms with Crippen LogP contribution in [0.15, 0.2) is 77.1 Å². The molecule has 5 heteroatoms. The molecular formula is C29H30INO3. The molecule has 2 aliphatic carbocycles. The van der Waals surface area contributed by atoms with Crippen LogP contribution in [0.5, 0.6) is 0 Å². The Morgan fingerprint density at radius 1 is 0.971 bits per heavy atom. The van der Waals surface area contributed by atoms with Crippen LogP contribution in [0, 0.1) is 3.57 Å². The Hall–Kier alpha value is -2.41. The molecule has 0 radical (unpaired) electrons. The minimum absolute atomic E-state index is 0.0306. The third-order valence-corrected chi connectivity index (χ3v) is 8.34. The van der Waals surface area contributed by atoms with Gasteiger partial charge in [-0.15, -0.1) is 0 Å². The van der Waals surface area contributed by atoms with Crippen molar-refractivity contribution in [2.45, 2.75) is 69.8 Å². The first-order valence-corrected chi connectivity index (χ1v) is 13.3. The van der Waals surface area contributed by atoms with Crippen molar-refractivity contribution in [1.29, 1.82) is 0 Å². The Labute approximate surface area is 215 Å². The first kappa shape index (κ1) is 23.3. The van der Waals surface area contributed by atoms with E-state index in [4.69, 9.17) is 4.74 Å². The number of benzene rings is 2. The topological polar surface area (TPSA) is 55.4 Å². The van der Waals surface area contributed by atoms with Gasteiger partial charge >= 0.3 is 5.97 Å².